The Morgan fingerprint density at radius 3 is 2.84 bits per heavy atom. The Kier molecular flexibility index (Phi) is 7.60. The van der Waals surface area contributed by atoms with Gasteiger partial charge < -0.3 is 10.2 Å². The zero-order valence-corrected chi connectivity index (χ0v) is 12.9. The molecule has 0 aliphatic heterocycles. The number of hydrogen-bond acceptors (Lipinski definition) is 3. The van der Waals surface area contributed by atoms with Gasteiger partial charge in [0.05, 0.1) is 0 Å². The van der Waals surface area contributed by atoms with E-state index in [2.05, 4.69) is 36.5 Å². The minimum Gasteiger partial charge on any atom is -0.349 e. The van der Waals surface area contributed by atoms with Gasteiger partial charge in [-0.1, -0.05) is 19.1 Å². The molecule has 19 heavy (non-hydrogen) atoms. The molecule has 0 spiro atoms. The topological polar surface area (TPSA) is 32.3 Å². The van der Waals surface area contributed by atoms with Crippen LogP contribution in [-0.4, -0.2) is 37.2 Å². The molecule has 3 nitrogen and oxygen atoms in total. The Morgan fingerprint density at radius 1 is 1.37 bits per heavy atom. The van der Waals surface area contributed by atoms with Crippen molar-refractivity contribution < 1.29 is 4.79 Å². The molecule has 0 aromatic heterocycles. The van der Waals surface area contributed by atoms with E-state index in [1.54, 1.807) is 30.8 Å². The van der Waals surface area contributed by atoms with Gasteiger partial charge in [0.25, 0.3) is 0 Å². The summed E-state index contributed by atoms with van der Waals surface area (Å²) in [5.74, 6) is 1.02. The summed E-state index contributed by atoms with van der Waals surface area (Å²) in [6, 6.07) is 8.53. The van der Waals surface area contributed by atoms with Gasteiger partial charge in [-0.25, -0.2) is 0 Å². The number of carbonyl (C=O) groups excluding carboxylic acids is 1. The Hall–Kier alpha value is -1.00. The highest BCUT2D eigenvalue weighted by molar-refractivity contribution is 7.99. The predicted molar refractivity (Wildman–Crippen MR) is 82.5 cm³/mol. The monoisotopic (exact) mass is 280 g/mol. The van der Waals surface area contributed by atoms with Crippen molar-refractivity contribution in [3.05, 3.63) is 29.8 Å². The average molecular weight is 280 g/mol. The first-order valence-electron chi connectivity index (χ1n) is 6.76. The van der Waals surface area contributed by atoms with E-state index < -0.39 is 0 Å². The summed E-state index contributed by atoms with van der Waals surface area (Å²) in [6.07, 6.45) is 1.75. The number of nitrogens with zero attached hydrogens (tertiary/aromatic N) is 1. The summed E-state index contributed by atoms with van der Waals surface area (Å²) in [5, 5.41) is 3.40. The lowest BCUT2D eigenvalue weighted by Gasteiger charge is -2.10. The Labute approximate surface area is 120 Å². The highest BCUT2D eigenvalue weighted by Crippen LogP contribution is 2.20. The quantitative estimate of drug-likeness (QED) is 0.587. The van der Waals surface area contributed by atoms with Crippen LogP contribution in [0.3, 0.4) is 0 Å². The van der Waals surface area contributed by atoms with Crippen LogP contribution in [0, 0.1) is 0 Å². The van der Waals surface area contributed by atoms with Crippen LogP contribution in [0.1, 0.15) is 25.3 Å². The number of benzene rings is 1. The van der Waals surface area contributed by atoms with E-state index in [0.717, 1.165) is 25.3 Å². The number of amides is 1. The Bertz CT molecular complexity index is 393. The summed E-state index contributed by atoms with van der Waals surface area (Å²) in [6.45, 7) is 4.13. The van der Waals surface area contributed by atoms with Crippen LogP contribution < -0.4 is 5.32 Å². The molecule has 0 fully saturated rings. The lowest BCUT2D eigenvalue weighted by Crippen LogP contribution is -2.21. The van der Waals surface area contributed by atoms with Gasteiger partial charge in [-0.05, 0) is 30.7 Å². The number of thioether (sulfide) groups is 1. The van der Waals surface area contributed by atoms with E-state index in [9.17, 15) is 4.79 Å². The second kappa shape index (κ2) is 8.99. The van der Waals surface area contributed by atoms with E-state index in [4.69, 9.17) is 0 Å². The van der Waals surface area contributed by atoms with Crippen LogP contribution in [0.4, 0.5) is 0 Å². The van der Waals surface area contributed by atoms with Crippen LogP contribution in [0.15, 0.2) is 29.2 Å². The molecule has 1 amide bonds. The van der Waals surface area contributed by atoms with Crippen LogP contribution in [0.2, 0.25) is 0 Å². The molecule has 0 saturated heterocycles. The Balaban J connectivity index is 2.37. The van der Waals surface area contributed by atoms with Crippen molar-refractivity contribution in [3.8, 4) is 0 Å². The lowest BCUT2D eigenvalue weighted by atomic mass is 10.2. The fourth-order valence-electron chi connectivity index (χ4n) is 1.63. The molecule has 0 radical (unpaired) electrons. The largest absolute Gasteiger partial charge is 0.349 e. The van der Waals surface area contributed by atoms with Crippen molar-refractivity contribution in [2.24, 2.45) is 0 Å². The molecule has 4 heteroatoms. The van der Waals surface area contributed by atoms with Crippen LogP contribution in [0.25, 0.3) is 0 Å². The van der Waals surface area contributed by atoms with Crippen molar-refractivity contribution in [3.63, 3.8) is 0 Å². The smallest absolute Gasteiger partial charge is 0.222 e. The van der Waals surface area contributed by atoms with E-state index in [-0.39, 0.29) is 5.91 Å². The minimum atomic E-state index is 0.188. The summed E-state index contributed by atoms with van der Waals surface area (Å²) in [4.78, 5) is 14.4. The molecule has 1 aromatic rings. The molecule has 0 saturated carbocycles. The molecule has 0 aliphatic rings. The van der Waals surface area contributed by atoms with E-state index >= 15 is 0 Å². The molecule has 0 atom stereocenters. The summed E-state index contributed by atoms with van der Waals surface area (Å²) >= 11 is 1.74. The average Bonchev–Trinajstić information content (AvgIpc) is 2.39. The maximum absolute atomic E-state index is 11.5. The van der Waals surface area contributed by atoms with Gasteiger partial charge in [0.2, 0.25) is 5.91 Å². The highest BCUT2D eigenvalue weighted by Gasteiger charge is 2.04. The summed E-state index contributed by atoms with van der Waals surface area (Å²) < 4.78 is 0. The van der Waals surface area contributed by atoms with E-state index in [1.807, 2.05) is 0 Å². The van der Waals surface area contributed by atoms with Crippen molar-refractivity contribution in [1.82, 2.24) is 10.2 Å². The van der Waals surface area contributed by atoms with Gasteiger partial charge in [-0.2, -0.15) is 0 Å². The van der Waals surface area contributed by atoms with Crippen LogP contribution in [-0.2, 0) is 11.3 Å². The first kappa shape index (κ1) is 16.1. The number of hydrogen-bond donors (Lipinski definition) is 1. The van der Waals surface area contributed by atoms with Gasteiger partial charge in [0.15, 0.2) is 0 Å². The summed E-state index contributed by atoms with van der Waals surface area (Å²) in [5.41, 5.74) is 1.30. The third-order valence-corrected chi connectivity index (χ3v) is 3.73. The molecular weight excluding hydrogens is 256 g/mol. The molecule has 0 unspecified atom stereocenters. The van der Waals surface area contributed by atoms with Gasteiger partial charge in [-0.3, -0.25) is 4.79 Å². The molecule has 0 heterocycles. The molecule has 1 rings (SSSR count). The van der Waals surface area contributed by atoms with Gasteiger partial charge in [0.1, 0.15) is 0 Å². The molecule has 0 aliphatic carbocycles. The maximum Gasteiger partial charge on any atom is 0.222 e. The standard InChI is InChI=1S/C15H24N2OS/c1-4-9-16-12-13-6-5-7-14(11-13)19-10-8-15(18)17(2)3/h5-7,11,16H,4,8-10,12H2,1-3H3. The number of rotatable bonds is 8. The second-order valence-corrected chi connectivity index (χ2v) is 5.88. The number of nitrogens with one attached hydrogen (secondary N) is 1. The molecule has 1 N–H and O–H groups in total. The minimum absolute atomic E-state index is 0.188. The van der Waals surface area contributed by atoms with Gasteiger partial charge in [0, 0.05) is 37.7 Å². The van der Waals surface area contributed by atoms with E-state index in [1.165, 1.54) is 10.5 Å². The highest BCUT2D eigenvalue weighted by atomic mass is 32.2. The predicted octanol–water partition coefficient (Wildman–Crippen LogP) is 2.76. The first-order chi connectivity index (χ1) is 9.13. The van der Waals surface area contributed by atoms with Crippen LogP contribution >= 0.6 is 11.8 Å². The Morgan fingerprint density at radius 2 is 2.16 bits per heavy atom. The van der Waals surface area contributed by atoms with Crippen molar-refractivity contribution in [1.29, 1.82) is 0 Å². The fourth-order valence-corrected chi connectivity index (χ4v) is 2.56. The SMILES string of the molecule is CCCNCc1cccc(SCCC(=O)N(C)C)c1. The van der Waals surface area contributed by atoms with Crippen molar-refractivity contribution >= 4 is 17.7 Å². The van der Waals surface area contributed by atoms with Crippen molar-refractivity contribution in [2.75, 3.05) is 26.4 Å². The molecule has 1 aromatic carbocycles. The normalized spacial score (nSPS) is 10.5. The maximum atomic E-state index is 11.5. The fraction of sp³-hybridized carbons (Fsp3) is 0.533. The summed E-state index contributed by atoms with van der Waals surface area (Å²) in [7, 11) is 3.60. The molecule has 0 bridgehead atoms. The van der Waals surface area contributed by atoms with Gasteiger partial charge >= 0.3 is 0 Å². The third kappa shape index (κ3) is 6.64. The third-order valence-electron chi connectivity index (χ3n) is 2.74. The number of carbonyl (C=O) groups is 1. The van der Waals surface area contributed by atoms with Crippen LogP contribution in [0.5, 0.6) is 0 Å². The second-order valence-electron chi connectivity index (χ2n) is 4.71. The lowest BCUT2D eigenvalue weighted by molar-refractivity contribution is -0.128. The first-order valence-corrected chi connectivity index (χ1v) is 7.74. The van der Waals surface area contributed by atoms with Crippen molar-refractivity contribution in [2.45, 2.75) is 31.2 Å². The zero-order chi connectivity index (χ0) is 14.1. The van der Waals surface area contributed by atoms with E-state index in [0.29, 0.717) is 6.42 Å². The molecule has 106 valence electrons. The molecular formula is C15H24N2OS. The van der Waals surface area contributed by atoms with Gasteiger partial charge in [-0.15, -0.1) is 11.8 Å². The zero-order valence-electron chi connectivity index (χ0n) is 12.1.